The fraction of sp³-hybridized carbons (Fsp3) is 0.520. The SMILES string of the molecule is COc1ccc(C)c(C23CCN(C)C(C)C2(O)CC(/C=C(\C)C(N)=O)=C(N(C)C=O)C3)c1. The number of carbonyl (C=O) groups excluding carboxylic acids is 2. The number of carbonyl (C=O) groups is 2. The summed E-state index contributed by atoms with van der Waals surface area (Å²) in [5, 5.41) is 12.4. The summed E-state index contributed by atoms with van der Waals surface area (Å²) in [7, 11) is 5.37. The summed E-state index contributed by atoms with van der Waals surface area (Å²) >= 11 is 0. The van der Waals surface area contributed by atoms with Crippen molar-refractivity contribution >= 4 is 12.3 Å². The average Bonchev–Trinajstić information content (AvgIpc) is 2.77. The lowest BCUT2D eigenvalue weighted by atomic mass is 9.53. The third-order valence-corrected chi connectivity index (χ3v) is 7.70. The Morgan fingerprint density at radius 3 is 2.66 bits per heavy atom. The molecule has 0 aromatic heterocycles. The number of primary amides is 1. The van der Waals surface area contributed by atoms with Crippen molar-refractivity contribution in [3.63, 3.8) is 0 Å². The molecule has 7 heteroatoms. The normalized spacial score (nSPS) is 28.8. The molecule has 1 aliphatic heterocycles. The molecule has 0 radical (unpaired) electrons. The molecular weight excluding hydrogens is 406 g/mol. The Bertz CT molecular complexity index is 985. The highest BCUT2D eigenvalue weighted by atomic mass is 16.5. The van der Waals surface area contributed by atoms with Crippen LogP contribution in [0.4, 0.5) is 0 Å². The number of aliphatic hydroxyl groups is 1. The highest BCUT2D eigenvalue weighted by Gasteiger charge is 2.60. The monoisotopic (exact) mass is 441 g/mol. The second-order valence-electron chi connectivity index (χ2n) is 9.33. The number of hydrogen-bond acceptors (Lipinski definition) is 5. The van der Waals surface area contributed by atoms with Gasteiger partial charge in [-0.1, -0.05) is 6.07 Å². The number of methoxy groups -OCH3 is 1. The highest BCUT2D eigenvalue weighted by molar-refractivity contribution is 5.91. The van der Waals surface area contributed by atoms with Crippen molar-refractivity contribution in [1.29, 1.82) is 0 Å². The molecule has 3 atom stereocenters. The lowest BCUT2D eigenvalue weighted by Gasteiger charge is -2.60. The number of nitrogens with zero attached hydrogens (tertiary/aromatic N) is 2. The molecule has 2 aliphatic rings. The smallest absolute Gasteiger partial charge is 0.244 e. The molecule has 3 N–H and O–H groups in total. The van der Waals surface area contributed by atoms with E-state index in [0.29, 0.717) is 18.4 Å². The van der Waals surface area contributed by atoms with Crippen LogP contribution in [0.15, 0.2) is 41.1 Å². The van der Waals surface area contributed by atoms with Gasteiger partial charge in [0.15, 0.2) is 0 Å². The summed E-state index contributed by atoms with van der Waals surface area (Å²) < 4.78 is 5.52. The second-order valence-corrected chi connectivity index (χ2v) is 9.33. The van der Waals surface area contributed by atoms with Crippen LogP contribution >= 0.6 is 0 Å². The van der Waals surface area contributed by atoms with E-state index in [1.807, 2.05) is 39.1 Å². The van der Waals surface area contributed by atoms with Crippen LogP contribution in [0.1, 0.15) is 44.2 Å². The topological polar surface area (TPSA) is 96.1 Å². The first-order chi connectivity index (χ1) is 15.0. The Morgan fingerprint density at radius 2 is 2.06 bits per heavy atom. The molecule has 0 saturated carbocycles. The van der Waals surface area contributed by atoms with E-state index in [1.165, 1.54) is 0 Å². The quantitative estimate of drug-likeness (QED) is 0.522. The minimum Gasteiger partial charge on any atom is -0.497 e. The number of nitrogens with two attached hydrogens (primary N) is 1. The van der Waals surface area contributed by atoms with Crippen molar-refractivity contribution < 1.29 is 19.4 Å². The van der Waals surface area contributed by atoms with E-state index in [0.717, 1.165) is 47.5 Å². The van der Waals surface area contributed by atoms with Gasteiger partial charge >= 0.3 is 0 Å². The van der Waals surface area contributed by atoms with Gasteiger partial charge < -0.3 is 25.4 Å². The Kier molecular flexibility index (Phi) is 6.54. The Morgan fingerprint density at radius 1 is 1.38 bits per heavy atom. The molecular formula is C25H35N3O4. The maximum absolute atomic E-state index is 12.4. The van der Waals surface area contributed by atoms with Crippen molar-refractivity contribution in [2.75, 3.05) is 27.7 Å². The molecule has 0 spiro atoms. The summed E-state index contributed by atoms with van der Waals surface area (Å²) in [6.45, 7) is 6.55. The zero-order valence-corrected chi connectivity index (χ0v) is 19.9. The number of hydrogen-bond donors (Lipinski definition) is 2. The zero-order valence-electron chi connectivity index (χ0n) is 19.9. The van der Waals surface area contributed by atoms with Gasteiger partial charge in [0.25, 0.3) is 0 Å². The maximum Gasteiger partial charge on any atom is 0.244 e. The molecule has 1 saturated heterocycles. The van der Waals surface area contributed by atoms with Gasteiger partial charge in [0.1, 0.15) is 5.75 Å². The molecule has 1 heterocycles. The van der Waals surface area contributed by atoms with Crippen molar-refractivity contribution in [3.8, 4) is 5.75 Å². The van der Waals surface area contributed by atoms with Crippen LogP contribution in [-0.2, 0) is 15.0 Å². The first kappa shape index (κ1) is 24.0. The summed E-state index contributed by atoms with van der Waals surface area (Å²) in [6.07, 6.45) is 3.98. The van der Waals surface area contributed by atoms with E-state index in [2.05, 4.69) is 4.90 Å². The number of likely N-dealkylation sites (N-methyl/N-ethyl adjacent to an activating group) is 1. The van der Waals surface area contributed by atoms with Gasteiger partial charge in [-0.2, -0.15) is 0 Å². The predicted molar refractivity (Wildman–Crippen MR) is 124 cm³/mol. The van der Waals surface area contributed by atoms with Crippen molar-refractivity contribution in [3.05, 3.63) is 52.2 Å². The number of piperidine rings is 1. The number of ether oxygens (including phenoxy) is 1. The number of amides is 2. The molecule has 1 aliphatic carbocycles. The van der Waals surface area contributed by atoms with Crippen LogP contribution in [-0.4, -0.2) is 66.6 Å². The van der Waals surface area contributed by atoms with Crippen LogP contribution in [0.25, 0.3) is 0 Å². The van der Waals surface area contributed by atoms with Crippen molar-refractivity contribution in [2.45, 2.75) is 57.1 Å². The van der Waals surface area contributed by atoms with Crippen LogP contribution in [0.2, 0.25) is 0 Å². The number of rotatable bonds is 6. The third kappa shape index (κ3) is 3.73. The largest absolute Gasteiger partial charge is 0.497 e. The first-order valence-corrected chi connectivity index (χ1v) is 11.0. The third-order valence-electron chi connectivity index (χ3n) is 7.70. The number of likely N-dealkylation sites (tertiary alicyclic amines) is 1. The molecule has 2 amide bonds. The first-order valence-electron chi connectivity index (χ1n) is 11.0. The Hall–Kier alpha value is -2.64. The maximum atomic E-state index is 12.4. The van der Waals surface area contributed by atoms with Gasteiger partial charge in [-0.3, -0.25) is 9.59 Å². The van der Waals surface area contributed by atoms with Crippen LogP contribution < -0.4 is 10.5 Å². The molecule has 1 aromatic carbocycles. The molecule has 32 heavy (non-hydrogen) atoms. The van der Waals surface area contributed by atoms with Gasteiger partial charge in [-0.05, 0) is 75.7 Å². The van der Waals surface area contributed by atoms with Crippen LogP contribution in [0, 0.1) is 6.92 Å². The summed E-state index contributed by atoms with van der Waals surface area (Å²) in [6, 6.07) is 5.81. The summed E-state index contributed by atoms with van der Waals surface area (Å²) in [5.41, 5.74) is 7.79. The standard InChI is InChI=1S/C25H35N3O4/c1-16-7-8-20(32-6)12-21(16)24-9-10-27(4)18(3)25(24,31)13-19(11-17(2)23(26)30)22(14-24)28(5)15-29/h7-8,11-12,15,18,31H,9-10,13-14H2,1-6H3,(H2,26,30)/b17-11+. The molecule has 1 aromatic rings. The number of allylic oxidation sites excluding steroid dienone is 2. The van der Waals surface area contributed by atoms with Crippen molar-refractivity contribution in [2.24, 2.45) is 5.73 Å². The Balaban J connectivity index is 2.32. The molecule has 7 nitrogen and oxygen atoms in total. The minimum atomic E-state index is -1.13. The molecule has 0 bridgehead atoms. The van der Waals surface area contributed by atoms with E-state index < -0.39 is 16.9 Å². The highest BCUT2D eigenvalue weighted by Crippen LogP contribution is 2.56. The summed E-state index contributed by atoms with van der Waals surface area (Å²) in [5.74, 6) is 0.213. The van der Waals surface area contributed by atoms with E-state index in [4.69, 9.17) is 10.5 Å². The van der Waals surface area contributed by atoms with E-state index in [9.17, 15) is 14.7 Å². The van der Waals surface area contributed by atoms with Crippen LogP contribution in [0.3, 0.4) is 0 Å². The van der Waals surface area contributed by atoms with Gasteiger partial charge in [0, 0.05) is 42.6 Å². The fourth-order valence-corrected chi connectivity index (χ4v) is 5.48. The van der Waals surface area contributed by atoms with E-state index in [-0.39, 0.29) is 6.04 Å². The molecule has 3 unspecified atom stereocenters. The lowest BCUT2D eigenvalue weighted by molar-refractivity contribution is -0.135. The average molecular weight is 442 g/mol. The second kappa shape index (κ2) is 8.71. The predicted octanol–water partition coefficient (Wildman–Crippen LogP) is 2.26. The number of aryl methyl sites for hydroxylation is 1. The lowest BCUT2D eigenvalue weighted by Crippen LogP contribution is -2.68. The molecule has 3 rings (SSSR count). The van der Waals surface area contributed by atoms with Gasteiger partial charge in [0.2, 0.25) is 12.3 Å². The van der Waals surface area contributed by atoms with Gasteiger partial charge in [-0.25, -0.2) is 0 Å². The van der Waals surface area contributed by atoms with E-state index >= 15 is 0 Å². The van der Waals surface area contributed by atoms with Crippen LogP contribution in [0.5, 0.6) is 5.75 Å². The summed E-state index contributed by atoms with van der Waals surface area (Å²) in [4.78, 5) is 27.3. The Labute approximate surface area is 190 Å². The van der Waals surface area contributed by atoms with Gasteiger partial charge in [-0.15, -0.1) is 0 Å². The van der Waals surface area contributed by atoms with Gasteiger partial charge in [0.05, 0.1) is 12.7 Å². The number of fused-ring (bicyclic) bond motifs is 1. The van der Waals surface area contributed by atoms with E-state index in [1.54, 1.807) is 32.1 Å². The fourth-order valence-electron chi connectivity index (χ4n) is 5.48. The number of benzene rings is 1. The molecule has 1 fully saturated rings. The minimum absolute atomic E-state index is 0.151. The van der Waals surface area contributed by atoms with Crippen molar-refractivity contribution in [1.82, 2.24) is 9.80 Å². The zero-order chi connectivity index (χ0) is 23.8. The molecule has 174 valence electrons.